The molecule has 7 nitrogen and oxygen atoms in total. The molecule has 0 bridgehead atoms. The van der Waals surface area contributed by atoms with E-state index in [0.717, 1.165) is 74.4 Å². The Morgan fingerprint density at radius 3 is 2.51 bits per heavy atom. The van der Waals surface area contributed by atoms with Crippen molar-refractivity contribution in [3.63, 3.8) is 0 Å². The van der Waals surface area contributed by atoms with Crippen LogP contribution in [0.25, 0.3) is 11.3 Å². The Kier molecular flexibility index (Phi) is 7.35. The molecule has 2 fully saturated rings. The van der Waals surface area contributed by atoms with Crippen molar-refractivity contribution in [2.75, 3.05) is 60.6 Å². The summed E-state index contributed by atoms with van der Waals surface area (Å²) in [7, 11) is 0. The second-order valence-electron chi connectivity index (χ2n) is 9.25. The van der Waals surface area contributed by atoms with Gasteiger partial charge in [0, 0.05) is 56.6 Å². The minimum absolute atomic E-state index is 0.244. The van der Waals surface area contributed by atoms with Gasteiger partial charge in [0.15, 0.2) is 0 Å². The number of aromatic nitrogens is 3. The highest BCUT2D eigenvalue weighted by molar-refractivity contribution is 6.32. The van der Waals surface area contributed by atoms with Crippen LogP contribution in [0.2, 0.25) is 5.02 Å². The molecule has 0 amide bonds. The number of aryl methyl sites for hydroxylation is 1. The third kappa shape index (κ3) is 5.36. The van der Waals surface area contributed by atoms with Crippen molar-refractivity contribution in [2.24, 2.45) is 0 Å². The van der Waals surface area contributed by atoms with E-state index in [1.807, 2.05) is 12.1 Å². The molecular formula is C27H33ClN6O. The summed E-state index contributed by atoms with van der Waals surface area (Å²) >= 11 is 6.43. The van der Waals surface area contributed by atoms with Gasteiger partial charge >= 0.3 is 0 Å². The van der Waals surface area contributed by atoms with E-state index >= 15 is 0 Å². The van der Waals surface area contributed by atoms with Crippen molar-refractivity contribution >= 4 is 29.2 Å². The summed E-state index contributed by atoms with van der Waals surface area (Å²) in [5, 5.41) is 0.693. The first kappa shape index (κ1) is 23.8. The number of piperazine rings is 1. The molecule has 2 aromatic heterocycles. The van der Waals surface area contributed by atoms with Crippen LogP contribution in [0, 0.1) is 0 Å². The fraction of sp³-hybridized carbons (Fsp3) is 0.444. The maximum atomic E-state index is 6.43. The Hall–Kier alpha value is -2.90. The van der Waals surface area contributed by atoms with Gasteiger partial charge in [-0.2, -0.15) is 4.98 Å². The smallest absolute Gasteiger partial charge is 0.228 e. The van der Waals surface area contributed by atoms with Crippen LogP contribution in [0.3, 0.4) is 0 Å². The zero-order valence-corrected chi connectivity index (χ0v) is 21.3. The van der Waals surface area contributed by atoms with Gasteiger partial charge in [-0.1, -0.05) is 49.2 Å². The van der Waals surface area contributed by atoms with Crippen LogP contribution in [0.1, 0.15) is 25.8 Å². The van der Waals surface area contributed by atoms with Crippen LogP contribution in [-0.2, 0) is 11.2 Å². The summed E-state index contributed by atoms with van der Waals surface area (Å²) in [5.74, 6) is 2.60. The van der Waals surface area contributed by atoms with Crippen molar-refractivity contribution in [1.82, 2.24) is 15.0 Å². The molecule has 35 heavy (non-hydrogen) atoms. The average molecular weight is 493 g/mol. The molecular weight excluding hydrogens is 460 g/mol. The number of nitrogens with zero attached hydrogens (tertiary/aromatic N) is 6. The first-order chi connectivity index (χ1) is 17.1. The average Bonchev–Trinajstić information content (AvgIpc) is 2.90. The van der Waals surface area contributed by atoms with Crippen molar-refractivity contribution < 1.29 is 4.74 Å². The maximum absolute atomic E-state index is 6.43. The molecule has 5 rings (SSSR count). The highest BCUT2D eigenvalue weighted by atomic mass is 35.5. The number of hydrogen-bond donors (Lipinski definition) is 0. The van der Waals surface area contributed by atoms with Gasteiger partial charge in [0.05, 0.1) is 23.9 Å². The lowest BCUT2D eigenvalue weighted by Gasteiger charge is -2.41. The predicted molar refractivity (Wildman–Crippen MR) is 143 cm³/mol. The van der Waals surface area contributed by atoms with Gasteiger partial charge < -0.3 is 19.4 Å². The first-order valence-corrected chi connectivity index (χ1v) is 12.9. The number of ether oxygens (including phenoxy) is 1. The fourth-order valence-electron chi connectivity index (χ4n) is 4.85. The topological polar surface area (TPSA) is 57.6 Å². The Bertz CT molecular complexity index is 1130. The minimum Gasteiger partial charge on any atom is -0.378 e. The number of halogens is 1. The van der Waals surface area contributed by atoms with Crippen LogP contribution < -0.4 is 14.7 Å². The minimum atomic E-state index is 0.244. The molecule has 0 radical (unpaired) electrons. The maximum Gasteiger partial charge on any atom is 0.228 e. The highest BCUT2D eigenvalue weighted by Crippen LogP contribution is 2.30. The Morgan fingerprint density at radius 1 is 1.00 bits per heavy atom. The molecule has 1 aromatic carbocycles. The first-order valence-electron chi connectivity index (χ1n) is 12.6. The number of pyridine rings is 1. The number of rotatable bonds is 6. The number of morpholine rings is 1. The SMILES string of the molecule is CCCc1ccc(-c2cc(N3CCN(c4ncccc4Cl)C[C@H]3C)nc(N3CCOCC3)n2)cc1. The fourth-order valence-corrected chi connectivity index (χ4v) is 5.09. The van der Waals surface area contributed by atoms with Crippen molar-refractivity contribution in [3.05, 3.63) is 59.2 Å². The Balaban J connectivity index is 1.44. The lowest BCUT2D eigenvalue weighted by atomic mass is 10.1. The lowest BCUT2D eigenvalue weighted by Crippen LogP contribution is -2.53. The van der Waals surface area contributed by atoms with Crippen LogP contribution in [0.15, 0.2) is 48.7 Å². The van der Waals surface area contributed by atoms with Crippen molar-refractivity contribution in [3.8, 4) is 11.3 Å². The molecule has 0 N–H and O–H groups in total. The van der Waals surface area contributed by atoms with E-state index in [0.29, 0.717) is 18.2 Å². The van der Waals surface area contributed by atoms with E-state index in [1.54, 1.807) is 6.20 Å². The number of benzene rings is 1. The van der Waals surface area contributed by atoms with Crippen LogP contribution in [0.4, 0.5) is 17.6 Å². The summed E-state index contributed by atoms with van der Waals surface area (Å²) in [5.41, 5.74) is 3.44. The summed E-state index contributed by atoms with van der Waals surface area (Å²) in [6, 6.07) is 15.0. The predicted octanol–water partition coefficient (Wildman–Crippen LogP) is 4.70. The van der Waals surface area contributed by atoms with E-state index in [4.69, 9.17) is 26.3 Å². The van der Waals surface area contributed by atoms with E-state index < -0.39 is 0 Å². The zero-order valence-electron chi connectivity index (χ0n) is 20.5. The molecule has 0 spiro atoms. The molecule has 2 aliphatic heterocycles. The second kappa shape index (κ2) is 10.8. The quantitative estimate of drug-likeness (QED) is 0.494. The Labute approximate surface area is 212 Å². The molecule has 0 unspecified atom stereocenters. The molecule has 3 aromatic rings. The van der Waals surface area contributed by atoms with Crippen LogP contribution in [-0.4, -0.2) is 66.9 Å². The number of anilines is 3. The zero-order chi connectivity index (χ0) is 24.2. The van der Waals surface area contributed by atoms with E-state index in [2.05, 4.69) is 63.9 Å². The van der Waals surface area contributed by atoms with Gasteiger partial charge in [-0.15, -0.1) is 0 Å². The number of hydrogen-bond acceptors (Lipinski definition) is 7. The normalized spacial score (nSPS) is 18.7. The molecule has 2 saturated heterocycles. The van der Waals surface area contributed by atoms with Gasteiger partial charge in [-0.25, -0.2) is 9.97 Å². The molecule has 2 aliphatic rings. The molecule has 1 atom stereocenters. The van der Waals surface area contributed by atoms with Gasteiger partial charge in [0.25, 0.3) is 0 Å². The van der Waals surface area contributed by atoms with Crippen LogP contribution >= 0.6 is 11.6 Å². The summed E-state index contributed by atoms with van der Waals surface area (Å²) in [6.45, 7) is 9.96. The van der Waals surface area contributed by atoms with Gasteiger partial charge in [-0.3, -0.25) is 0 Å². The Morgan fingerprint density at radius 2 is 1.80 bits per heavy atom. The van der Waals surface area contributed by atoms with E-state index in [1.165, 1.54) is 5.56 Å². The third-order valence-electron chi connectivity index (χ3n) is 6.74. The third-order valence-corrected chi connectivity index (χ3v) is 7.04. The highest BCUT2D eigenvalue weighted by Gasteiger charge is 2.28. The van der Waals surface area contributed by atoms with Crippen molar-refractivity contribution in [1.29, 1.82) is 0 Å². The van der Waals surface area contributed by atoms with Gasteiger partial charge in [0.1, 0.15) is 11.6 Å². The van der Waals surface area contributed by atoms with Crippen molar-refractivity contribution in [2.45, 2.75) is 32.7 Å². The summed E-state index contributed by atoms with van der Waals surface area (Å²) in [6.07, 6.45) is 4.04. The second-order valence-corrected chi connectivity index (χ2v) is 9.66. The summed E-state index contributed by atoms with van der Waals surface area (Å²) in [4.78, 5) is 21.4. The molecule has 0 aliphatic carbocycles. The lowest BCUT2D eigenvalue weighted by molar-refractivity contribution is 0.122. The summed E-state index contributed by atoms with van der Waals surface area (Å²) < 4.78 is 5.57. The van der Waals surface area contributed by atoms with E-state index in [-0.39, 0.29) is 6.04 Å². The monoisotopic (exact) mass is 492 g/mol. The van der Waals surface area contributed by atoms with Gasteiger partial charge in [0.2, 0.25) is 5.95 Å². The molecule has 8 heteroatoms. The standard InChI is InChI=1S/C27H33ClN6O/c1-3-5-21-7-9-22(10-8-21)24-18-25(31-27(30-24)32-14-16-35-17-15-32)34-13-12-33(19-20(34)2)26-23(28)6-4-11-29-26/h4,6-11,18,20H,3,5,12-17,19H2,1-2H3/t20-/m1/s1. The van der Waals surface area contributed by atoms with E-state index in [9.17, 15) is 0 Å². The molecule has 184 valence electrons. The molecule has 4 heterocycles. The largest absolute Gasteiger partial charge is 0.378 e. The molecule has 0 saturated carbocycles. The van der Waals surface area contributed by atoms with Crippen LogP contribution in [0.5, 0.6) is 0 Å². The van der Waals surface area contributed by atoms with Gasteiger partial charge in [-0.05, 0) is 31.0 Å².